The maximum Gasteiger partial charge on any atom is 0.193 e. The molecule has 1 aromatic carbocycles. The third kappa shape index (κ3) is 4.87. The van der Waals surface area contributed by atoms with Crippen molar-refractivity contribution in [2.24, 2.45) is 4.99 Å². The summed E-state index contributed by atoms with van der Waals surface area (Å²) in [5.41, 5.74) is 2.33. The van der Waals surface area contributed by atoms with Crippen LogP contribution in [0.15, 0.2) is 53.1 Å². The van der Waals surface area contributed by atoms with Crippen molar-refractivity contribution in [3.63, 3.8) is 0 Å². The molecule has 3 aromatic rings. The summed E-state index contributed by atoms with van der Waals surface area (Å²) >= 11 is 1.64. The van der Waals surface area contributed by atoms with E-state index in [-0.39, 0.29) is 0 Å². The minimum absolute atomic E-state index is 0.303. The van der Waals surface area contributed by atoms with E-state index in [1.807, 2.05) is 16.0 Å². The average Bonchev–Trinajstić information content (AvgIpc) is 3.30. The lowest BCUT2D eigenvalue weighted by atomic mass is 10.1. The zero-order chi connectivity index (χ0) is 19.1. The van der Waals surface area contributed by atoms with E-state index in [1.54, 1.807) is 18.4 Å². The van der Waals surface area contributed by atoms with Crippen LogP contribution >= 0.6 is 11.3 Å². The number of imidazole rings is 1. The van der Waals surface area contributed by atoms with Gasteiger partial charge in [0, 0.05) is 31.4 Å². The standard InChI is InChI=1S/C20H28N6S/c1-4-25(5-2)18(16-9-7-6-8-10-16)14-23-19(21-3)22-13-17-15-26-11-12-27-20(26)24-17/h6-12,15,18H,4-5,13-14H2,1-3H3,(H2,21,22,23). The van der Waals surface area contributed by atoms with Crippen LogP contribution in [0.1, 0.15) is 31.1 Å². The summed E-state index contributed by atoms with van der Waals surface area (Å²) < 4.78 is 2.05. The van der Waals surface area contributed by atoms with Crippen molar-refractivity contribution >= 4 is 22.3 Å². The van der Waals surface area contributed by atoms with Gasteiger partial charge in [-0.25, -0.2) is 4.98 Å². The highest BCUT2D eigenvalue weighted by Crippen LogP contribution is 2.19. The fourth-order valence-electron chi connectivity index (χ4n) is 3.25. The molecule has 0 fully saturated rings. The maximum atomic E-state index is 4.60. The molecule has 2 heterocycles. The van der Waals surface area contributed by atoms with Gasteiger partial charge in [0.25, 0.3) is 0 Å². The van der Waals surface area contributed by atoms with E-state index in [1.165, 1.54) is 5.56 Å². The molecule has 0 aliphatic carbocycles. The summed E-state index contributed by atoms with van der Waals surface area (Å²) in [6.45, 7) is 7.87. The highest BCUT2D eigenvalue weighted by atomic mass is 32.1. The predicted molar refractivity (Wildman–Crippen MR) is 113 cm³/mol. The summed E-state index contributed by atoms with van der Waals surface area (Å²) in [5, 5.41) is 8.89. The molecule has 6 nitrogen and oxygen atoms in total. The number of aromatic nitrogens is 2. The summed E-state index contributed by atoms with van der Waals surface area (Å²) in [5.74, 6) is 0.791. The van der Waals surface area contributed by atoms with E-state index in [0.717, 1.165) is 36.2 Å². The maximum absolute atomic E-state index is 4.60. The Morgan fingerprint density at radius 1 is 1.22 bits per heavy atom. The number of aliphatic imine (C=N–C) groups is 1. The highest BCUT2D eigenvalue weighted by Gasteiger charge is 2.18. The molecule has 0 bridgehead atoms. The van der Waals surface area contributed by atoms with E-state index < -0.39 is 0 Å². The Kier molecular flexibility index (Phi) is 6.84. The van der Waals surface area contributed by atoms with Crippen molar-refractivity contribution in [1.82, 2.24) is 24.9 Å². The number of nitrogens with zero attached hydrogens (tertiary/aromatic N) is 4. The fourth-order valence-corrected chi connectivity index (χ4v) is 3.97. The minimum atomic E-state index is 0.303. The molecule has 7 heteroatoms. The summed E-state index contributed by atoms with van der Waals surface area (Å²) in [6.07, 6.45) is 4.08. The van der Waals surface area contributed by atoms with Gasteiger partial charge in [-0.1, -0.05) is 44.2 Å². The van der Waals surface area contributed by atoms with Gasteiger partial charge in [0.05, 0.1) is 18.3 Å². The number of nitrogens with one attached hydrogen (secondary N) is 2. The van der Waals surface area contributed by atoms with Crippen molar-refractivity contribution in [2.75, 3.05) is 26.7 Å². The first kappa shape index (κ1) is 19.4. The topological polar surface area (TPSA) is 57.0 Å². The number of guanidine groups is 1. The van der Waals surface area contributed by atoms with Crippen molar-refractivity contribution in [3.05, 3.63) is 59.4 Å². The monoisotopic (exact) mass is 384 g/mol. The normalized spacial score (nSPS) is 13.3. The lowest BCUT2D eigenvalue weighted by Gasteiger charge is -2.30. The van der Waals surface area contributed by atoms with Gasteiger partial charge in [0.15, 0.2) is 10.9 Å². The highest BCUT2D eigenvalue weighted by molar-refractivity contribution is 7.15. The second-order valence-electron chi connectivity index (χ2n) is 6.28. The number of fused-ring (bicyclic) bond motifs is 1. The quantitative estimate of drug-likeness (QED) is 0.463. The van der Waals surface area contributed by atoms with Crippen LogP contribution in [-0.2, 0) is 6.54 Å². The molecule has 0 saturated heterocycles. The Morgan fingerprint density at radius 2 is 2.00 bits per heavy atom. The molecule has 2 N–H and O–H groups in total. The number of likely N-dealkylation sites (N-methyl/N-ethyl adjacent to an activating group) is 1. The molecular weight excluding hydrogens is 356 g/mol. The van der Waals surface area contributed by atoms with Gasteiger partial charge in [0.1, 0.15) is 0 Å². The third-order valence-corrected chi connectivity index (χ3v) is 5.47. The zero-order valence-electron chi connectivity index (χ0n) is 16.2. The average molecular weight is 385 g/mol. The van der Waals surface area contributed by atoms with Crippen LogP contribution in [0.2, 0.25) is 0 Å². The first-order valence-corrected chi connectivity index (χ1v) is 10.3. The molecule has 1 atom stereocenters. The molecular formula is C20H28N6S. The van der Waals surface area contributed by atoms with Gasteiger partial charge < -0.3 is 10.6 Å². The SMILES string of the molecule is CCN(CC)C(CNC(=NC)NCc1cn2ccsc2n1)c1ccccc1. The summed E-state index contributed by atoms with van der Waals surface area (Å²) in [4.78, 5) is 12.4. The molecule has 3 rings (SSSR count). The van der Waals surface area contributed by atoms with Crippen molar-refractivity contribution < 1.29 is 0 Å². The number of hydrogen-bond donors (Lipinski definition) is 2. The molecule has 2 aromatic heterocycles. The molecule has 0 amide bonds. The Balaban J connectivity index is 1.61. The second-order valence-corrected chi connectivity index (χ2v) is 7.15. The van der Waals surface area contributed by atoms with Gasteiger partial charge in [-0.2, -0.15) is 0 Å². The molecule has 0 aliphatic heterocycles. The smallest absolute Gasteiger partial charge is 0.193 e. The van der Waals surface area contributed by atoms with Crippen LogP contribution in [0, 0.1) is 0 Å². The van der Waals surface area contributed by atoms with Gasteiger partial charge in [-0.3, -0.25) is 14.3 Å². The molecule has 144 valence electrons. The van der Waals surface area contributed by atoms with Crippen molar-refractivity contribution in [3.8, 4) is 0 Å². The Morgan fingerprint density at radius 3 is 2.67 bits per heavy atom. The number of rotatable bonds is 8. The van der Waals surface area contributed by atoms with E-state index in [9.17, 15) is 0 Å². The lowest BCUT2D eigenvalue weighted by molar-refractivity contribution is 0.219. The van der Waals surface area contributed by atoms with Crippen LogP contribution in [0.25, 0.3) is 4.96 Å². The van der Waals surface area contributed by atoms with E-state index in [0.29, 0.717) is 12.6 Å². The minimum Gasteiger partial charge on any atom is -0.354 e. The Labute approximate surface area is 165 Å². The molecule has 0 spiro atoms. The van der Waals surface area contributed by atoms with Gasteiger partial charge in [-0.15, -0.1) is 11.3 Å². The molecule has 1 unspecified atom stereocenters. The van der Waals surface area contributed by atoms with E-state index in [2.05, 4.69) is 75.9 Å². The largest absolute Gasteiger partial charge is 0.354 e. The second kappa shape index (κ2) is 9.53. The van der Waals surface area contributed by atoms with E-state index >= 15 is 0 Å². The summed E-state index contributed by atoms with van der Waals surface area (Å²) in [7, 11) is 1.80. The molecule has 0 radical (unpaired) electrons. The first-order valence-electron chi connectivity index (χ1n) is 9.39. The van der Waals surface area contributed by atoms with Crippen LogP contribution in [-0.4, -0.2) is 46.9 Å². The molecule has 0 saturated carbocycles. The fraction of sp³-hybridized carbons (Fsp3) is 0.400. The van der Waals surface area contributed by atoms with Crippen LogP contribution < -0.4 is 10.6 Å². The number of thiazole rings is 1. The van der Waals surface area contributed by atoms with E-state index in [4.69, 9.17) is 0 Å². The van der Waals surface area contributed by atoms with Gasteiger partial charge in [-0.05, 0) is 18.7 Å². The Hall–Kier alpha value is -2.38. The third-order valence-electron chi connectivity index (χ3n) is 4.70. The van der Waals surface area contributed by atoms with Crippen LogP contribution in [0.5, 0.6) is 0 Å². The lowest BCUT2D eigenvalue weighted by Crippen LogP contribution is -2.43. The first-order chi connectivity index (χ1) is 13.2. The van der Waals surface area contributed by atoms with Crippen molar-refractivity contribution in [1.29, 1.82) is 0 Å². The number of hydrogen-bond acceptors (Lipinski definition) is 4. The summed E-state index contributed by atoms with van der Waals surface area (Å²) in [6, 6.07) is 11.0. The van der Waals surface area contributed by atoms with Gasteiger partial charge >= 0.3 is 0 Å². The van der Waals surface area contributed by atoms with Crippen LogP contribution in [0.4, 0.5) is 0 Å². The molecule has 0 aliphatic rings. The van der Waals surface area contributed by atoms with Crippen LogP contribution in [0.3, 0.4) is 0 Å². The van der Waals surface area contributed by atoms with Crippen molar-refractivity contribution in [2.45, 2.75) is 26.4 Å². The zero-order valence-corrected chi connectivity index (χ0v) is 17.0. The molecule has 27 heavy (non-hydrogen) atoms. The Bertz CT molecular complexity index is 821. The van der Waals surface area contributed by atoms with Gasteiger partial charge in [0.2, 0.25) is 0 Å². The predicted octanol–water partition coefficient (Wildman–Crippen LogP) is 3.14. The number of benzene rings is 1.